The van der Waals surface area contributed by atoms with Crippen molar-refractivity contribution < 1.29 is 9.53 Å². The predicted octanol–water partition coefficient (Wildman–Crippen LogP) is 2.45. The molecule has 8 nitrogen and oxygen atoms in total. The molecule has 2 heterocycles. The number of nitrogens with two attached hydrogens (primary N) is 1. The molecule has 1 aromatic heterocycles. The van der Waals surface area contributed by atoms with Crippen LogP contribution in [0.3, 0.4) is 0 Å². The number of likely N-dealkylation sites (tertiary alicyclic amines) is 1. The first-order chi connectivity index (χ1) is 15.1. The minimum absolute atomic E-state index is 0.225. The van der Waals surface area contributed by atoms with Crippen LogP contribution >= 0.6 is 0 Å². The van der Waals surface area contributed by atoms with Gasteiger partial charge in [-0.15, -0.1) is 0 Å². The van der Waals surface area contributed by atoms with Gasteiger partial charge >= 0.3 is 11.8 Å². The Morgan fingerprint density at radius 3 is 2.47 bits per heavy atom. The number of rotatable bonds is 6. The Balaban J connectivity index is 1.24. The number of benzene rings is 1. The molecule has 1 amide bonds. The van der Waals surface area contributed by atoms with E-state index in [0.717, 1.165) is 25.2 Å². The van der Waals surface area contributed by atoms with Gasteiger partial charge in [0.05, 0.1) is 5.69 Å². The molecule has 3 N–H and O–H groups in total. The summed E-state index contributed by atoms with van der Waals surface area (Å²) in [7, 11) is 0. The maximum atomic E-state index is 12.0. The molecule has 1 aromatic carbocycles. The maximum Gasteiger partial charge on any atom is 0.407 e. The lowest BCUT2D eigenvalue weighted by atomic mass is 10.0. The van der Waals surface area contributed by atoms with Gasteiger partial charge in [0.15, 0.2) is 0 Å². The molecule has 1 aliphatic heterocycles. The molecular weight excluding hydrogens is 406 g/mol. The van der Waals surface area contributed by atoms with Crippen LogP contribution in [0.15, 0.2) is 41.3 Å². The number of nitrogen functional groups attached to an aromatic ring is 1. The fraction of sp³-hybridized carbons (Fsp3) is 0.542. The number of ether oxygens (including phenoxy) is 1. The number of alkyl carbamates (subject to hydrolysis) is 1. The van der Waals surface area contributed by atoms with Gasteiger partial charge in [-0.3, -0.25) is 9.47 Å². The van der Waals surface area contributed by atoms with Crippen molar-refractivity contribution in [2.24, 2.45) is 17.8 Å². The Morgan fingerprint density at radius 1 is 1.22 bits per heavy atom. The van der Waals surface area contributed by atoms with Crippen molar-refractivity contribution in [1.82, 2.24) is 19.8 Å². The van der Waals surface area contributed by atoms with Crippen LogP contribution in [0.5, 0.6) is 0 Å². The summed E-state index contributed by atoms with van der Waals surface area (Å²) in [6.45, 7) is 10.8. The molecule has 1 saturated carbocycles. The number of carbonyl (C=O) groups is 1. The van der Waals surface area contributed by atoms with E-state index >= 15 is 0 Å². The third kappa shape index (κ3) is 5.12. The number of piperidine rings is 1. The molecule has 1 saturated heterocycles. The van der Waals surface area contributed by atoms with E-state index in [1.54, 1.807) is 12.3 Å². The summed E-state index contributed by atoms with van der Waals surface area (Å²) >= 11 is 0. The quantitative estimate of drug-likeness (QED) is 0.717. The van der Waals surface area contributed by atoms with E-state index in [-0.39, 0.29) is 17.6 Å². The van der Waals surface area contributed by atoms with Crippen LogP contribution in [0, 0.1) is 17.8 Å². The topological polar surface area (TPSA) is 102 Å². The van der Waals surface area contributed by atoms with E-state index in [0.29, 0.717) is 30.3 Å². The molecule has 3 atom stereocenters. The molecule has 4 rings (SSSR count). The van der Waals surface area contributed by atoms with Gasteiger partial charge in [0, 0.05) is 31.9 Å². The van der Waals surface area contributed by atoms with E-state index in [1.807, 2.05) is 32.9 Å². The van der Waals surface area contributed by atoms with Crippen molar-refractivity contribution in [3.8, 4) is 5.69 Å². The normalized spacial score (nSPS) is 23.4. The fourth-order valence-electron chi connectivity index (χ4n) is 4.74. The predicted molar refractivity (Wildman–Crippen MR) is 124 cm³/mol. The number of aromatic nitrogens is 2. The van der Waals surface area contributed by atoms with E-state index in [2.05, 4.69) is 34.3 Å². The van der Waals surface area contributed by atoms with Crippen LogP contribution in [-0.2, 0) is 11.2 Å². The molecule has 2 fully saturated rings. The minimum Gasteiger partial charge on any atom is -0.444 e. The molecule has 172 valence electrons. The van der Waals surface area contributed by atoms with Crippen LogP contribution in [0.4, 0.5) is 10.6 Å². The van der Waals surface area contributed by atoms with E-state index in [1.165, 1.54) is 10.1 Å². The second kappa shape index (κ2) is 8.58. The van der Waals surface area contributed by atoms with Crippen LogP contribution in [0.25, 0.3) is 5.69 Å². The van der Waals surface area contributed by atoms with Crippen LogP contribution in [0.2, 0.25) is 0 Å². The highest BCUT2D eigenvalue weighted by Crippen LogP contribution is 2.51. The Labute approximate surface area is 188 Å². The van der Waals surface area contributed by atoms with Crippen molar-refractivity contribution in [2.75, 3.05) is 25.4 Å². The number of fused-ring (bicyclic) bond motifs is 1. The molecular formula is C24H33N5O3. The number of nitrogens with one attached hydrogen (secondary N) is 1. The second-order valence-corrected chi connectivity index (χ2v) is 10.1. The maximum absolute atomic E-state index is 12.0. The highest BCUT2D eigenvalue weighted by molar-refractivity contribution is 5.67. The van der Waals surface area contributed by atoms with Gasteiger partial charge in [-0.05, 0) is 75.6 Å². The molecule has 2 aliphatic rings. The number of hydrogen-bond donors (Lipinski definition) is 2. The van der Waals surface area contributed by atoms with Crippen molar-refractivity contribution in [2.45, 2.75) is 45.8 Å². The number of amides is 1. The number of hydrogen-bond acceptors (Lipinski definition) is 6. The van der Waals surface area contributed by atoms with Crippen LogP contribution in [0.1, 0.15) is 33.3 Å². The number of nitrogens with zero attached hydrogens (tertiary/aromatic N) is 3. The van der Waals surface area contributed by atoms with Crippen molar-refractivity contribution in [1.29, 1.82) is 0 Å². The zero-order valence-electron chi connectivity index (χ0n) is 19.2. The van der Waals surface area contributed by atoms with Gasteiger partial charge in [-0.1, -0.05) is 12.1 Å². The summed E-state index contributed by atoms with van der Waals surface area (Å²) in [4.78, 5) is 30.2. The van der Waals surface area contributed by atoms with Crippen molar-refractivity contribution in [3.63, 3.8) is 0 Å². The number of anilines is 1. The minimum atomic E-state index is -0.462. The SMILES string of the molecule is CC(Cc1ccc(-n2ccc(N)nc2=O)cc1)N1CC2C(CNC(=O)OC(C)(C)C)C2C1. The second-order valence-electron chi connectivity index (χ2n) is 10.1. The van der Waals surface area contributed by atoms with Crippen LogP contribution in [-0.4, -0.2) is 51.8 Å². The lowest BCUT2D eigenvalue weighted by Gasteiger charge is -2.27. The zero-order valence-corrected chi connectivity index (χ0v) is 19.2. The Bertz CT molecular complexity index is 1020. The molecule has 32 heavy (non-hydrogen) atoms. The standard InChI is InChI=1S/C24H33N5O3/c1-15(11-16-5-7-17(8-6-16)29-10-9-21(25)27-22(29)30)28-13-19-18(20(19)14-28)12-26-23(31)32-24(2,3)4/h5-10,15,18-20H,11-14H2,1-4H3,(H,26,31)(H2,25,27,30). The lowest BCUT2D eigenvalue weighted by molar-refractivity contribution is 0.0522. The third-order valence-corrected chi connectivity index (χ3v) is 6.47. The van der Waals surface area contributed by atoms with E-state index in [4.69, 9.17) is 10.5 Å². The first kappa shape index (κ1) is 22.3. The number of carbonyl (C=O) groups excluding carboxylic acids is 1. The largest absolute Gasteiger partial charge is 0.444 e. The summed E-state index contributed by atoms with van der Waals surface area (Å²) in [5.74, 6) is 2.12. The Kier molecular flexibility index (Phi) is 5.99. The monoisotopic (exact) mass is 439 g/mol. The molecule has 0 spiro atoms. The van der Waals surface area contributed by atoms with Gasteiger partial charge in [0.1, 0.15) is 11.4 Å². The van der Waals surface area contributed by atoms with Gasteiger partial charge < -0.3 is 15.8 Å². The van der Waals surface area contributed by atoms with Crippen molar-refractivity contribution in [3.05, 3.63) is 52.6 Å². The molecule has 0 bridgehead atoms. The van der Waals surface area contributed by atoms with Gasteiger partial charge in [0.25, 0.3) is 0 Å². The van der Waals surface area contributed by atoms with Crippen LogP contribution < -0.4 is 16.7 Å². The van der Waals surface area contributed by atoms with E-state index in [9.17, 15) is 9.59 Å². The first-order valence-electron chi connectivity index (χ1n) is 11.3. The smallest absolute Gasteiger partial charge is 0.407 e. The summed E-state index contributed by atoms with van der Waals surface area (Å²) in [6.07, 6.45) is 2.27. The Hall–Kier alpha value is -2.87. The Morgan fingerprint density at radius 2 is 1.88 bits per heavy atom. The molecule has 3 unspecified atom stereocenters. The zero-order chi connectivity index (χ0) is 23.0. The summed E-state index contributed by atoms with van der Waals surface area (Å²) < 4.78 is 6.81. The summed E-state index contributed by atoms with van der Waals surface area (Å²) in [6, 6.07) is 10.1. The molecule has 8 heteroatoms. The highest BCUT2D eigenvalue weighted by Gasteiger charge is 2.55. The van der Waals surface area contributed by atoms with E-state index < -0.39 is 5.60 Å². The summed E-state index contributed by atoms with van der Waals surface area (Å²) in [5.41, 5.74) is 6.74. The highest BCUT2D eigenvalue weighted by atomic mass is 16.6. The summed E-state index contributed by atoms with van der Waals surface area (Å²) in [5, 5.41) is 2.92. The third-order valence-electron chi connectivity index (χ3n) is 6.47. The average Bonchev–Trinajstić information content (AvgIpc) is 3.14. The average molecular weight is 440 g/mol. The van der Waals surface area contributed by atoms with Crippen molar-refractivity contribution >= 4 is 11.9 Å². The first-order valence-corrected chi connectivity index (χ1v) is 11.3. The molecule has 0 radical (unpaired) electrons. The van der Waals surface area contributed by atoms with Gasteiger partial charge in [-0.2, -0.15) is 4.98 Å². The lowest BCUT2D eigenvalue weighted by Crippen LogP contribution is -2.37. The van der Waals surface area contributed by atoms with Gasteiger partial charge in [0.2, 0.25) is 0 Å². The molecule has 2 aromatic rings. The fourth-order valence-corrected chi connectivity index (χ4v) is 4.74. The van der Waals surface area contributed by atoms with Gasteiger partial charge in [-0.25, -0.2) is 9.59 Å². The molecule has 1 aliphatic carbocycles.